The SMILES string of the molecule is CC(C)N(C)CC(=O)c1cc(Cl)sc1Cl. The molecule has 1 rings (SSSR count). The van der Waals surface area contributed by atoms with Crippen LogP contribution in [0.2, 0.25) is 8.67 Å². The molecule has 0 N–H and O–H groups in total. The second-order valence-electron chi connectivity index (χ2n) is 3.67. The number of ketones is 1. The van der Waals surface area contributed by atoms with Gasteiger partial charge in [0, 0.05) is 6.04 Å². The first kappa shape index (κ1) is 13.0. The molecule has 0 saturated heterocycles. The number of Topliss-reactive ketones (excluding diaryl/α,β-unsaturated/α-hetero) is 1. The van der Waals surface area contributed by atoms with Crippen LogP contribution in [-0.4, -0.2) is 30.3 Å². The summed E-state index contributed by atoms with van der Waals surface area (Å²) in [6, 6.07) is 1.97. The summed E-state index contributed by atoms with van der Waals surface area (Å²) in [5, 5.41) is 0. The number of thiophene rings is 1. The highest BCUT2D eigenvalue weighted by molar-refractivity contribution is 7.20. The van der Waals surface area contributed by atoms with E-state index in [1.165, 1.54) is 11.3 Å². The number of hydrogen-bond acceptors (Lipinski definition) is 3. The fourth-order valence-corrected chi connectivity index (χ4v) is 2.52. The maximum absolute atomic E-state index is 11.8. The van der Waals surface area contributed by atoms with Crippen LogP contribution in [0.15, 0.2) is 6.07 Å². The third-order valence-electron chi connectivity index (χ3n) is 2.23. The van der Waals surface area contributed by atoms with E-state index in [-0.39, 0.29) is 5.78 Å². The highest BCUT2D eigenvalue weighted by Gasteiger charge is 2.16. The van der Waals surface area contributed by atoms with E-state index in [1.54, 1.807) is 6.07 Å². The summed E-state index contributed by atoms with van der Waals surface area (Å²) < 4.78 is 1.03. The number of carbonyl (C=O) groups excluding carboxylic acids is 1. The third-order valence-corrected chi connectivity index (χ3v) is 3.72. The largest absolute Gasteiger partial charge is 0.296 e. The van der Waals surface area contributed by atoms with Crippen molar-refractivity contribution in [3.63, 3.8) is 0 Å². The van der Waals surface area contributed by atoms with Crippen molar-refractivity contribution in [3.05, 3.63) is 20.3 Å². The minimum atomic E-state index is 0.0133. The van der Waals surface area contributed by atoms with Gasteiger partial charge in [0.15, 0.2) is 5.78 Å². The average Bonchev–Trinajstić information content (AvgIpc) is 2.44. The predicted molar refractivity (Wildman–Crippen MR) is 66.4 cm³/mol. The van der Waals surface area contributed by atoms with Crippen molar-refractivity contribution in [2.45, 2.75) is 19.9 Å². The summed E-state index contributed by atoms with van der Waals surface area (Å²) >= 11 is 12.9. The summed E-state index contributed by atoms with van der Waals surface area (Å²) in [5.74, 6) is 0.0133. The second kappa shape index (κ2) is 5.30. The van der Waals surface area contributed by atoms with E-state index in [4.69, 9.17) is 23.2 Å². The average molecular weight is 266 g/mol. The van der Waals surface area contributed by atoms with Gasteiger partial charge in [-0.25, -0.2) is 0 Å². The Morgan fingerprint density at radius 3 is 2.53 bits per heavy atom. The molecule has 0 bridgehead atoms. The van der Waals surface area contributed by atoms with Crippen molar-refractivity contribution < 1.29 is 4.79 Å². The molecule has 0 aliphatic carbocycles. The molecular formula is C10H13Cl2NOS. The number of rotatable bonds is 4. The molecule has 0 aliphatic heterocycles. The van der Waals surface area contributed by atoms with Crippen molar-refractivity contribution in [2.24, 2.45) is 0 Å². The van der Waals surface area contributed by atoms with Gasteiger partial charge in [-0.15, -0.1) is 11.3 Å². The molecule has 0 atom stereocenters. The van der Waals surface area contributed by atoms with Crippen molar-refractivity contribution >= 4 is 40.3 Å². The predicted octanol–water partition coefficient (Wildman–Crippen LogP) is 3.58. The van der Waals surface area contributed by atoms with Gasteiger partial charge in [0.25, 0.3) is 0 Å². The maximum Gasteiger partial charge on any atom is 0.179 e. The van der Waals surface area contributed by atoms with Crippen LogP contribution in [0, 0.1) is 0 Å². The van der Waals surface area contributed by atoms with Gasteiger partial charge < -0.3 is 0 Å². The van der Waals surface area contributed by atoms with Crippen LogP contribution in [0.3, 0.4) is 0 Å². The van der Waals surface area contributed by atoms with E-state index in [2.05, 4.69) is 0 Å². The number of carbonyl (C=O) groups is 1. The summed E-state index contributed by atoms with van der Waals surface area (Å²) in [6.07, 6.45) is 0. The van der Waals surface area contributed by atoms with E-state index in [1.807, 2.05) is 25.8 Å². The topological polar surface area (TPSA) is 20.3 Å². The van der Waals surface area contributed by atoms with Gasteiger partial charge in [0.05, 0.1) is 16.4 Å². The summed E-state index contributed by atoms with van der Waals surface area (Å²) in [5.41, 5.74) is 0.527. The minimum absolute atomic E-state index is 0.0133. The van der Waals surface area contributed by atoms with Gasteiger partial charge in [0.1, 0.15) is 4.34 Å². The first-order valence-electron chi connectivity index (χ1n) is 4.60. The second-order valence-corrected chi connectivity index (χ2v) is 5.96. The van der Waals surface area contributed by atoms with E-state index < -0.39 is 0 Å². The number of nitrogens with zero attached hydrogens (tertiary/aromatic N) is 1. The number of likely N-dealkylation sites (N-methyl/N-ethyl adjacent to an activating group) is 1. The highest BCUT2D eigenvalue weighted by Crippen LogP contribution is 2.31. The summed E-state index contributed by atoms with van der Waals surface area (Å²) in [6.45, 7) is 4.44. The Balaban J connectivity index is 2.73. The monoisotopic (exact) mass is 265 g/mol. The smallest absolute Gasteiger partial charge is 0.179 e. The van der Waals surface area contributed by atoms with E-state index in [9.17, 15) is 4.79 Å². The van der Waals surface area contributed by atoms with Gasteiger partial charge in [-0.2, -0.15) is 0 Å². The molecule has 0 radical (unpaired) electrons. The van der Waals surface area contributed by atoms with Gasteiger partial charge in [0.2, 0.25) is 0 Å². The van der Waals surface area contributed by atoms with E-state index >= 15 is 0 Å². The molecule has 1 aromatic rings. The Morgan fingerprint density at radius 2 is 2.13 bits per heavy atom. The molecule has 84 valence electrons. The molecule has 0 spiro atoms. The lowest BCUT2D eigenvalue weighted by molar-refractivity contribution is 0.0930. The van der Waals surface area contributed by atoms with E-state index in [0.717, 1.165) is 0 Å². The fourth-order valence-electron chi connectivity index (χ4n) is 1.02. The Labute approximate surface area is 104 Å². The third kappa shape index (κ3) is 3.45. The lowest BCUT2D eigenvalue weighted by atomic mass is 10.2. The van der Waals surface area contributed by atoms with Crippen LogP contribution in [0.4, 0.5) is 0 Å². The Bertz CT molecular complexity index is 362. The Kier molecular flexibility index (Phi) is 4.59. The lowest BCUT2D eigenvalue weighted by Gasteiger charge is -2.19. The molecule has 0 amide bonds. The standard InChI is InChI=1S/C10H13Cl2NOS/c1-6(2)13(3)5-8(14)7-4-9(11)15-10(7)12/h4,6H,5H2,1-3H3. The molecule has 2 nitrogen and oxygen atoms in total. The van der Waals surface area contributed by atoms with Crippen LogP contribution in [0.25, 0.3) is 0 Å². The van der Waals surface area contributed by atoms with Crippen LogP contribution in [0.1, 0.15) is 24.2 Å². The molecule has 0 saturated carbocycles. The van der Waals surface area contributed by atoms with E-state index in [0.29, 0.717) is 26.8 Å². The molecule has 1 heterocycles. The zero-order chi connectivity index (χ0) is 11.6. The number of halogens is 2. The normalized spacial score (nSPS) is 11.4. The van der Waals surface area contributed by atoms with Crippen molar-refractivity contribution in [2.75, 3.05) is 13.6 Å². The first-order chi connectivity index (χ1) is 6.91. The summed E-state index contributed by atoms with van der Waals surface area (Å²) in [7, 11) is 1.91. The molecular weight excluding hydrogens is 253 g/mol. The molecule has 15 heavy (non-hydrogen) atoms. The van der Waals surface area contributed by atoms with Crippen molar-refractivity contribution in [1.29, 1.82) is 0 Å². The quantitative estimate of drug-likeness (QED) is 0.776. The van der Waals surface area contributed by atoms with Gasteiger partial charge in [-0.1, -0.05) is 23.2 Å². The highest BCUT2D eigenvalue weighted by atomic mass is 35.5. The zero-order valence-corrected chi connectivity index (χ0v) is 11.2. The molecule has 0 unspecified atom stereocenters. The number of hydrogen-bond donors (Lipinski definition) is 0. The molecule has 1 aromatic heterocycles. The molecule has 0 aromatic carbocycles. The van der Waals surface area contributed by atoms with Crippen LogP contribution in [-0.2, 0) is 0 Å². The lowest BCUT2D eigenvalue weighted by Crippen LogP contribution is -2.31. The Morgan fingerprint density at radius 1 is 1.53 bits per heavy atom. The maximum atomic E-state index is 11.8. The molecule has 0 aliphatic rings. The van der Waals surface area contributed by atoms with Crippen molar-refractivity contribution in [3.8, 4) is 0 Å². The molecule has 0 fully saturated rings. The fraction of sp³-hybridized carbons (Fsp3) is 0.500. The first-order valence-corrected chi connectivity index (χ1v) is 6.17. The minimum Gasteiger partial charge on any atom is -0.296 e. The van der Waals surface area contributed by atoms with Gasteiger partial charge >= 0.3 is 0 Å². The summed E-state index contributed by atoms with van der Waals surface area (Å²) in [4.78, 5) is 13.8. The molecule has 5 heteroatoms. The van der Waals surface area contributed by atoms with Crippen molar-refractivity contribution in [1.82, 2.24) is 4.90 Å². The van der Waals surface area contributed by atoms with Crippen LogP contribution in [0.5, 0.6) is 0 Å². The zero-order valence-electron chi connectivity index (χ0n) is 8.88. The van der Waals surface area contributed by atoms with Gasteiger partial charge in [-0.05, 0) is 27.0 Å². The van der Waals surface area contributed by atoms with Crippen LogP contribution >= 0.6 is 34.5 Å². The van der Waals surface area contributed by atoms with Gasteiger partial charge in [-0.3, -0.25) is 9.69 Å². The Hall–Kier alpha value is -0.0900. The van der Waals surface area contributed by atoms with Crippen LogP contribution < -0.4 is 0 Å².